The maximum atomic E-state index is 11.9. The Morgan fingerprint density at radius 2 is 2.00 bits per heavy atom. The van der Waals surface area contributed by atoms with Crippen molar-refractivity contribution in [2.24, 2.45) is 0 Å². The lowest BCUT2D eigenvalue weighted by Crippen LogP contribution is -2.18. The highest BCUT2D eigenvalue weighted by Crippen LogP contribution is 2.26. The van der Waals surface area contributed by atoms with E-state index < -0.39 is 0 Å². The van der Waals surface area contributed by atoms with Crippen LogP contribution < -0.4 is 5.63 Å². The van der Waals surface area contributed by atoms with Gasteiger partial charge in [-0.3, -0.25) is 4.90 Å². The molecule has 2 heterocycles. The van der Waals surface area contributed by atoms with Crippen LogP contribution in [-0.2, 0) is 19.5 Å². The Bertz CT molecular complexity index is 868. The van der Waals surface area contributed by atoms with Crippen molar-refractivity contribution in [2.45, 2.75) is 26.4 Å². The molecule has 1 aromatic carbocycles. The van der Waals surface area contributed by atoms with E-state index in [9.17, 15) is 4.79 Å². The first-order valence-electron chi connectivity index (χ1n) is 7.53. The number of benzene rings is 1. The normalized spacial score (nSPS) is 11.5. The van der Waals surface area contributed by atoms with E-state index in [0.717, 1.165) is 28.7 Å². The van der Waals surface area contributed by atoms with Gasteiger partial charge in [0.2, 0.25) is 0 Å². The number of fused-ring (bicyclic) bond motifs is 1. The van der Waals surface area contributed by atoms with E-state index in [1.165, 1.54) is 6.07 Å². The Morgan fingerprint density at radius 3 is 2.70 bits per heavy atom. The number of nitrogens with zero attached hydrogens (tertiary/aromatic N) is 1. The predicted octanol–water partition coefficient (Wildman–Crippen LogP) is 4.23. The summed E-state index contributed by atoms with van der Waals surface area (Å²) in [4.78, 5) is 13.9. The third-order valence-electron chi connectivity index (χ3n) is 3.82. The SMILES string of the molecule is CCc1cc2oc(=O)cc(CN(C)Cc3ccco3)c2cc1Cl. The van der Waals surface area contributed by atoms with Crippen LogP contribution in [0.5, 0.6) is 0 Å². The molecule has 2 aromatic heterocycles. The third-order valence-corrected chi connectivity index (χ3v) is 4.18. The second-order valence-electron chi connectivity index (χ2n) is 5.64. The van der Waals surface area contributed by atoms with E-state index in [2.05, 4.69) is 4.90 Å². The fraction of sp³-hybridized carbons (Fsp3) is 0.278. The van der Waals surface area contributed by atoms with Gasteiger partial charge in [-0.1, -0.05) is 18.5 Å². The second kappa shape index (κ2) is 6.60. The summed E-state index contributed by atoms with van der Waals surface area (Å²) in [6.07, 6.45) is 2.45. The fourth-order valence-electron chi connectivity index (χ4n) is 2.71. The van der Waals surface area contributed by atoms with Gasteiger partial charge in [-0.2, -0.15) is 0 Å². The molecule has 0 aliphatic rings. The molecule has 0 aliphatic heterocycles. The molecule has 0 saturated carbocycles. The molecule has 3 aromatic rings. The highest BCUT2D eigenvalue weighted by atomic mass is 35.5. The first-order valence-corrected chi connectivity index (χ1v) is 7.90. The van der Waals surface area contributed by atoms with Crippen LogP contribution in [0, 0.1) is 0 Å². The molecule has 0 saturated heterocycles. The van der Waals surface area contributed by atoms with E-state index in [0.29, 0.717) is 23.7 Å². The number of furan rings is 1. The lowest BCUT2D eigenvalue weighted by atomic mass is 10.1. The van der Waals surface area contributed by atoms with Crippen molar-refractivity contribution < 1.29 is 8.83 Å². The van der Waals surface area contributed by atoms with Crippen LogP contribution in [0.1, 0.15) is 23.8 Å². The largest absolute Gasteiger partial charge is 0.468 e. The minimum atomic E-state index is -0.344. The first kappa shape index (κ1) is 15.8. The van der Waals surface area contributed by atoms with Gasteiger partial charge in [-0.05, 0) is 48.9 Å². The molecular weight excluding hydrogens is 314 g/mol. The van der Waals surface area contributed by atoms with Gasteiger partial charge in [0.15, 0.2) is 0 Å². The molecule has 0 N–H and O–H groups in total. The lowest BCUT2D eigenvalue weighted by Gasteiger charge is -2.16. The summed E-state index contributed by atoms with van der Waals surface area (Å²) in [7, 11) is 1.98. The zero-order valence-electron chi connectivity index (χ0n) is 13.1. The molecule has 0 amide bonds. The van der Waals surface area contributed by atoms with Crippen LogP contribution in [0.15, 0.2) is 50.2 Å². The van der Waals surface area contributed by atoms with Gasteiger partial charge in [0, 0.05) is 23.0 Å². The number of halogens is 1. The molecule has 0 radical (unpaired) electrons. The van der Waals surface area contributed by atoms with Gasteiger partial charge >= 0.3 is 5.63 Å². The number of aryl methyl sites for hydroxylation is 1. The molecule has 4 nitrogen and oxygen atoms in total. The van der Waals surface area contributed by atoms with Crippen LogP contribution in [0.2, 0.25) is 5.02 Å². The zero-order chi connectivity index (χ0) is 16.4. The Morgan fingerprint density at radius 1 is 1.17 bits per heavy atom. The standard InChI is InChI=1S/C18H18ClNO3/c1-3-12-7-17-15(9-16(12)19)13(8-18(21)23-17)10-20(2)11-14-5-4-6-22-14/h4-9H,3,10-11H2,1-2H3. The quantitative estimate of drug-likeness (QED) is 0.656. The lowest BCUT2D eigenvalue weighted by molar-refractivity contribution is 0.288. The molecule has 23 heavy (non-hydrogen) atoms. The van der Waals surface area contributed by atoms with Gasteiger partial charge in [-0.15, -0.1) is 0 Å². The topological polar surface area (TPSA) is 46.6 Å². The molecular formula is C18H18ClNO3. The van der Waals surface area contributed by atoms with Crippen molar-refractivity contribution in [3.63, 3.8) is 0 Å². The van der Waals surface area contributed by atoms with Gasteiger partial charge < -0.3 is 8.83 Å². The molecule has 0 aliphatic carbocycles. The highest BCUT2D eigenvalue weighted by Gasteiger charge is 2.12. The van der Waals surface area contributed by atoms with Crippen molar-refractivity contribution in [3.8, 4) is 0 Å². The monoisotopic (exact) mass is 331 g/mol. The van der Waals surface area contributed by atoms with Gasteiger partial charge in [0.25, 0.3) is 0 Å². The van der Waals surface area contributed by atoms with E-state index >= 15 is 0 Å². The van der Waals surface area contributed by atoms with Crippen molar-refractivity contribution in [3.05, 3.63) is 68.9 Å². The Balaban J connectivity index is 1.96. The summed E-state index contributed by atoms with van der Waals surface area (Å²) in [5.74, 6) is 0.881. The highest BCUT2D eigenvalue weighted by molar-refractivity contribution is 6.32. The molecule has 0 fully saturated rings. The molecule has 3 rings (SSSR count). The minimum Gasteiger partial charge on any atom is -0.468 e. The average Bonchev–Trinajstić information content (AvgIpc) is 3.00. The van der Waals surface area contributed by atoms with Crippen LogP contribution in [-0.4, -0.2) is 11.9 Å². The van der Waals surface area contributed by atoms with Gasteiger partial charge in [-0.25, -0.2) is 4.79 Å². The Kier molecular flexibility index (Phi) is 4.55. The van der Waals surface area contributed by atoms with Crippen molar-refractivity contribution in [1.29, 1.82) is 0 Å². The van der Waals surface area contributed by atoms with Crippen molar-refractivity contribution >= 4 is 22.6 Å². The maximum Gasteiger partial charge on any atom is 0.336 e. The summed E-state index contributed by atoms with van der Waals surface area (Å²) < 4.78 is 10.7. The van der Waals surface area contributed by atoms with Gasteiger partial charge in [0.1, 0.15) is 11.3 Å². The van der Waals surface area contributed by atoms with E-state index in [1.54, 1.807) is 6.26 Å². The third kappa shape index (κ3) is 3.49. The minimum absolute atomic E-state index is 0.344. The number of hydrogen-bond donors (Lipinski definition) is 0. The molecule has 120 valence electrons. The fourth-order valence-corrected chi connectivity index (χ4v) is 3.00. The summed E-state index contributed by atoms with van der Waals surface area (Å²) >= 11 is 6.32. The van der Waals surface area contributed by atoms with E-state index in [-0.39, 0.29) is 5.63 Å². The van der Waals surface area contributed by atoms with Crippen molar-refractivity contribution in [2.75, 3.05) is 7.05 Å². The second-order valence-corrected chi connectivity index (χ2v) is 6.04. The molecule has 0 unspecified atom stereocenters. The van der Waals surface area contributed by atoms with E-state index in [1.807, 2.05) is 38.2 Å². The van der Waals surface area contributed by atoms with E-state index in [4.69, 9.17) is 20.4 Å². The van der Waals surface area contributed by atoms with Crippen LogP contribution in [0.3, 0.4) is 0 Å². The van der Waals surface area contributed by atoms with Crippen LogP contribution in [0.4, 0.5) is 0 Å². The molecule has 5 heteroatoms. The summed E-state index contributed by atoms with van der Waals surface area (Å²) in [6.45, 7) is 3.28. The summed E-state index contributed by atoms with van der Waals surface area (Å²) in [5, 5.41) is 1.57. The Labute approximate surface area is 139 Å². The number of hydrogen-bond acceptors (Lipinski definition) is 4. The first-order chi connectivity index (χ1) is 11.1. The smallest absolute Gasteiger partial charge is 0.336 e. The number of rotatable bonds is 5. The average molecular weight is 332 g/mol. The summed E-state index contributed by atoms with van der Waals surface area (Å²) in [5.41, 5.74) is 2.11. The molecule has 0 spiro atoms. The predicted molar refractivity (Wildman–Crippen MR) is 90.8 cm³/mol. The zero-order valence-corrected chi connectivity index (χ0v) is 13.9. The maximum absolute atomic E-state index is 11.9. The molecule has 0 bridgehead atoms. The van der Waals surface area contributed by atoms with Crippen LogP contribution >= 0.6 is 11.6 Å². The van der Waals surface area contributed by atoms with Gasteiger partial charge in [0.05, 0.1) is 12.8 Å². The van der Waals surface area contributed by atoms with Crippen LogP contribution in [0.25, 0.3) is 11.0 Å². The Hall–Kier alpha value is -2.04. The molecule has 0 atom stereocenters. The van der Waals surface area contributed by atoms with Crippen molar-refractivity contribution in [1.82, 2.24) is 4.90 Å². The summed E-state index contributed by atoms with van der Waals surface area (Å²) in [6, 6.07) is 9.06.